The molecule has 3 rings (SSSR count). The summed E-state index contributed by atoms with van der Waals surface area (Å²) in [6.45, 7) is 11.2. The summed E-state index contributed by atoms with van der Waals surface area (Å²) in [5.74, 6) is 0.214. The van der Waals surface area contributed by atoms with Gasteiger partial charge in [-0.05, 0) is 47.9 Å². The van der Waals surface area contributed by atoms with Crippen LogP contribution >= 0.6 is 0 Å². The normalized spacial score (nSPS) is 29.0. The molecule has 2 aliphatic rings. The van der Waals surface area contributed by atoms with Crippen molar-refractivity contribution in [3.8, 4) is 0 Å². The second kappa shape index (κ2) is 4.68. The summed E-state index contributed by atoms with van der Waals surface area (Å²) in [4.78, 5) is 25.1. The van der Waals surface area contributed by atoms with Crippen LogP contribution in [-0.4, -0.2) is 18.7 Å². The maximum atomic E-state index is 12.0. The van der Waals surface area contributed by atoms with Gasteiger partial charge in [-0.3, -0.25) is 4.79 Å². The Kier molecular flexibility index (Phi) is 3.24. The summed E-state index contributed by atoms with van der Waals surface area (Å²) in [6.07, 6.45) is 2.97. The first-order valence-corrected chi connectivity index (χ1v) is 8.10. The van der Waals surface area contributed by atoms with Gasteiger partial charge in [-0.25, -0.2) is 0 Å². The maximum Gasteiger partial charge on any atom is 0.223 e. The lowest BCUT2D eigenvalue weighted by Crippen LogP contribution is -2.40. The van der Waals surface area contributed by atoms with E-state index in [2.05, 4.69) is 39.8 Å². The van der Waals surface area contributed by atoms with E-state index in [1.165, 1.54) is 16.7 Å². The number of hydrogen-bond donors (Lipinski definition) is 0. The minimum Gasteiger partial charge on any atom is -0.312 e. The minimum atomic E-state index is -0.0507. The van der Waals surface area contributed by atoms with E-state index in [0.717, 1.165) is 31.4 Å². The second-order valence-electron chi connectivity index (χ2n) is 7.85. The Morgan fingerprint density at radius 1 is 1.27 bits per heavy atom. The molecule has 1 amide bonds. The highest BCUT2D eigenvalue weighted by Crippen LogP contribution is 2.55. The quantitative estimate of drug-likeness (QED) is 0.784. The van der Waals surface area contributed by atoms with Crippen LogP contribution in [0.2, 0.25) is 0 Å². The molecule has 1 saturated carbocycles. The molecule has 0 aromatic heterocycles. The lowest BCUT2D eigenvalue weighted by atomic mass is 9.75. The molecule has 0 saturated heterocycles. The van der Waals surface area contributed by atoms with Crippen LogP contribution in [0.15, 0.2) is 12.1 Å². The average Bonchev–Trinajstić information content (AvgIpc) is 3.10. The van der Waals surface area contributed by atoms with E-state index in [-0.39, 0.29) is 22.7 Å². The number of amides is 1. The number of nitrogens with zero attached hydrogens (tertiary/aromatic N) is 1. The highest BCUT2D eigenvalue weighted by atomic mass is 16.2. The Labute approximate surface area is 132 Å². The molecule has 1 aromatic carbocycles. The number of hydrogen-bond acceptors (Lipinski definition) is 2. The van der Waals surface area contributed by atoms with Crippen molar-refractivity contribution in [3.05, 3.63) is 28.8 Å². The van der Waals surface area contributed by atoms with Gasteiger partial charge in [-0.15, -0.1) is 0 Å². The topological polar surface area (TPSA) is 37.4 Å². The number of fused-ring (bicyclic) bond motifs is 1. The van der Waals surface area contributed by atoms with Gasteiger partial charge in [0.15, 0.2) is 0 Å². The van der Waals surface area contributed by atoms with E-state index in [1.807, 2.05) is 4.90 Å². The fourth-order valence-electron chi connectivity index (χ4n) is 3.96. The molecule has 0 spiro atoms. The van der Waals surface area contributed by atoms with Gasteiger partial charge in [0.2, 0.25) is 5.91 Å². The molecule has 0 bridgehead atoms. The Balaban J connectivity index is 2.16. The van der Waals surface area contributed by atoms with Gasteiger partial charge in [0.1, 0.15) is 6.29 Å². The maximum absolute atomic E-state index is 12.0. The zero-order chi connectivity index (χ0) is 16.3. The van der Waals surface area contributed by atoms with Gasteiger partial charge in [-0.2, -0.15) is 0 Å². The molecule has 2 atom stereocenters. The summed E-state index contributed by atoms with van der Waals surface area (Å²) < 4.78 is 0. The van der Waals surface area contributed by atoms with Crippen LogP contribution in [0, 0.1) is 12.8 Å². The van der Waals surface area contributed by atoms with Gasteiger partial charge in [0, 0.05) is 30.5 Å². The third-order valence-electron chi connectivity index (χ3n) is 5.78. The summed E-state index contributed by atoms with van der Waals surface area (Å²) in [7, 11) is 0. The molecule has 0 radical (unpaired) electrons. The third kappa shape index (κ3) is 2.10. The molecule has 1 aliphatic carbocycles. The van der Waals surface area contributed by atoms with Crippen molar-refractivity contribution in [2.24, 2.45) is 5.92 Å². The van der Waals surface area contributed by atoms with Gasteiger partial charge in [0.25, 0.3) is 0 Å². The van der Waals surface area contributed by atoms with Crippen LogP contribution in [0.3, 0.4) is 0 Å². The van der Waals surface area contributed by atoms with Crippen molar-refractivity contribution in [1.29, 1.82) is 0 Å². The monoisotopic (exact) mass is 299 g/mol. The van der Waals surface area contributed by atoms with Gasteiger partial charge >= 0.3 is 0 Å². The molecule has 1 aromatic rings. The van der Waals surface area contributed by atoms with Gasteiger partial charge in [0.05, 0.1) is 0 Å². The molecule has 3 heteroatoms. The zero-order valence-corrected chi connectivity index (χ0v) is 14.2. The van der Waals surface area contributed by atoms with Gasteiger partial charge < -0.3 is 9.69 Å². The first-order valence-electron chi connectivity index (χ1n) is 8.10. The number of aldehydes is 1. The lowest BCUT2D eigenvalue weighted by molar-refractivity contribution is -0.116. The van der Waals surface area contributed by atoms with Crippen molar-refractivity contribution >= 4 is 17.9 Å². The first-order chi connectivity index (χ1) is 10.2. The van der Waals surface area contributed by atoms with Crippen molar-refractivity contribution in [2.45, 2.75) is 58.3 Å². The van der Waals surface area contributed by atoms with E-state index in [9.17, 15) is 9.59 Å². The molecule has 1 fully saturated rings. The van der Waals surface area contributed by atoms with Crippen molar-refractivity contribution in [1.82, 2.24) is 0 Å². The number of aryl methyl sites for hydroxylation is 1. The Morgan fingerprint density at radius 2 is 1.95 bits per heavy atom. The third-order valence-corrected chi connectivity index (χ3v) is 5.78. The first kappa shape index (κ1) is 15.3. The van der Waals surface area contributed by atoms with Crippen LogP contribution in [0.4, 0.5) is 5.69 Å². The molecule has 1 unspecified atom stereocenters. The summed E-state index contributed by atoms with van der Waals surface area (Å²) in [5.41, 5.74) is 4.80. The van der Waals surface area contributed by atoms with E-state index >= 15 is 0 Å². The van der Waals surface area contributed by atoms with Crippen LogP contribution in [0.25, 0.3) is 0 Å². The molecule has 0 N–H and O–H groups in total. The molecule has 118 valence electrons. The minimum absolute atomic E-state index is 0.0507. The van der Waals surface area contributed by atoms with Crippen LogP contribution < -0.4 is 4.90 Å². The molecule has 22 heavy (non-hydrogen) atoms. The predicted molar refractivity (Wildman–Crippen MR) is 88.4 cm³/mol. The fourth-order valence-corrected chi connectivity index (χ4v) is 3.96. The Morgan fingerprint density at radius 3 is 2.50 bits per heavy atom. The van der Waals surface area contributed by atoms with E-state index in [0.29, 0.717) is 0 Å². The summed E-state index contributed by atoms with van der Waals surface area (Å²) in [6, 6.07) is 4.42. The number of carbonyl (C=O) groups excluding carboxylic acids is 2. The number of anilines is 1. The van der Waals surface area contributed by atoms with Crippen molar-refractivity contribution in [3.63, 3.8) is 0 Å². The molecule has 1 heterocycles. The number of benzene rings is 1. The lowest BCUT2D eigenvalue weighted by Gasteiger charge is -2.40. The molecular weight excluding hydrogens is 274 g/mol. The van der Waals surface area contributed by atoms with E-state index in [4.69, 9.17) is 0 Å². The standard InChI is InChI=1S/C19H25NO2/c1-12-8-16-17(9-15(12)19(5)10-14(19)11-21)20(13(2)22)7-6-18(16,3)4/h8-9,11,14H,6-7,10H2,1-5H3/t14?,19-/m0/s1. The van der Waals surface area contributed by atoms with Crippen molar-refractivity contribution in [2.75, 3.05) is 11.4 Å². The summed E-state index contributed by atoms with van der Waals surface area (Å²) >= 11 is 0. The van der Waals surface area contributed by atoms with Crippen LogP contribution in [0.5, 0.6) is 0 Å². The average molecular weight is 299 g/mol. The largest absolute Gasteiger partial charge is 0.312 e. The van der Waals surface area contributed by atoms with Crippen molar-refractivity contribution < 1.29 is 9.59 Å². The zero-order valence-electron chi connectivity index (χ0n) is 14.2. The number of carbonyl (C=O) groups is 2. The van der Waals surface area contributed by atoms with Crippen LogP contribution in [-0.2, 0) is 20.4 Å². The van der Waals surface area contributed by atoms with E-state index in [1.54, 1.807) is 6.92 Å². The van der Waals surface area contributed by atoms with Gasteiger partial charge in [-0.1, -0.05) is 26.8 Å². The molecule has 3 nitrogen and oxygen atoms in total. The predicted octanol–water partition coefficient (Wildman–Crippen LogP) is 3.51. The highest BCUT2D eigenvalue weighted by molar-refractivity contribution is 5.93. The number of rotatable bonds is 2. The van der Waals surface area contributed by atoms with E-state index < -0.39 is 0 Å². The fraction of sp³-hybridized carbons (Fsp3) is 0.579. The summed E-state index contributed by atoms with van der Waals surface area (Å²) in [5, 5.41) is 0. The SMILES string of the molecule is CC(=O)N1CCC(C)(C)c2cc(C)c([C@@]3(C)CC3C=O)cc21. The smallest absolute Gasteiger partial charge is 0.223 e. The molecular formula is C19H25NO2. The second-order valence-corrected chi connectivity index (χ2v) is 7.85. The molecule has 1 aliphatic heterocycles. The van der Waals surface area contributed by atoms with Crippen LogP contribution in [0.1, 0.15) is 57.2 Å². The Hall–Kier alpha value is -1.64. The Bertz CT molecular complexity index is 662. The highest BCUT2D eigenvalue weighted by Gasteiger charge is 2.52.